The first-order valence-electron chi connectivity index (χ1n) is 11.0. The molecule has 7 nitrogen and oxygen atoms in total. The number of carbonyl (C=O) groups is 1. The number of carbonyl (C=O) groups excluding carboxylic acids is 1. The lowest BCUT2D eigenvalue weighted by Crippen LogP contribution is -2.42. The molecule has 0 saturated carbocycles. The van der Waals surface area contributed by atoms with Gasteiger partial charge in [-0.15, -0.1) is 0 Å². The Bertz CT molecular complexity index is 1070. The standard InChI is InChI=1S/C23H30F3N3O4Si/c1-22(2,3)34(4,5)32-14-16-13-17(23(24,25)26)20(33-16)29-12-11-18(28-21(29)31)27-19(30)15-9-7-6-8-10-15/h6-12,16-17,20H,13-14H2,1-5H3,(H,27,28,30,31)/t16-,17-,20-/m0/s1. The van der Waals surface area contributed by atoms with Gasteiger partial charge in [0.05, 0.1) is 12.7 Å². The molecule has 0 bridgehead atoms. The van der Waals surface area contributed by atoms with E-state index in [-0.39, 0.29) is 23.9 Å². The summed E-state index contributed by atoms with van der Waals surface area (Å²) in [4.78, 5) is 28.6. The molecule has 1 saturated heterocycles. The summed E-state index contributed by atoms with van der Waals surface area (Å²) in [6.07, 6.45) is -6.10. The fourth-order valence-electron chi connectivity index (χ4n) is 3.38. The second-order valence-corrected chi connectivity index (χ2v) is 14.7. The van der Waals surface area contributed by atoms with E-state index in [0.29, 0.717) is 5.56 Å². The van der Waals surface area contributed by atoms with Crippen LogP contribution in [0.15, 0.2) is 47.4 Å². The molecule has 0 unspecified atom stereocenters. The molecule has 3 rings (SSSR count). The molecule has 2 aromatic rings. The highest BCUT2D eigenvalue weighted by atomic mass is 28.4. The van der Waals surface area contributed by atoms with Crippen molar-refractivity contribution in [2.75, 3.05) is 11.9 Å². The summed E-state index contributed by atoms with van der Waals surface area (Å²) in [5.74, 6) is -2.43. The third-order valence-electron chi connectivity index (χ3n) is 6.43. The van der Waals surface area contributed by atoms with Crippen molar-refractivity contribution in [2.24, 2.45) is 5.92 Å². The number of hydrogen-bond donors (Lipinski definition) is 1. The van der Waals surface area contributed by atoms with Crippen LogP contribution in [0.5, 0.6) is 0 Å². The summed E-state index contributed by atoms with van der Waals surface area (Å²) in [5, 5.41) is 2.37. The number of alkyl halides is 3. The lowest BCUT2D eigenvalue weighted by atomic mass is 10.0. The van der Waals surface area contributed by atoms with Gasteiger partial charge in [0.1, 0.15) is 18.0 Å². The van der Waals surface area contributed by atoms with Gasteiger partial charge >= 0.3 is 11.9 Å². The molecule has 1 aliphatic rings. The highest BCUT2D eigenvalue weighted by Crippen LogP contribution is 2.45. The molecule has 3 atom stereocenters. The second kappa shape index (κ2) is 9.63. The lowest BCUT2D eigenvalue weighted by molar-refractivity contribution is -0.198. The van der Waals surface area contributed by atoms with Gasteiger partial charge in [-0.3, -0.25) is 9.36 Å². The van der Waals surface area contributed by atoms with Crippen LogP contribution in [-0.2, 0) is 9.16 Å². The Balaban J connectivity index is 1.77. The predicted molar refractivity (Wildman–Crippen MR) is 124 cm³/mol. The zero-order valence-corrected chi connectivity index (χ0v) is 20.8. The Kier molecular flexibility index (Phi) is 7.39. The van der Waals surface area contributed by atoms with E-state index in [1.165, 1.54) is 6.07 Å². The van der Waals surface area contributed by atoms with Crippen molar-refractivity contribution in [2.45, 2.75) is 63.8 Å². The Labute approximate surface area is 197 Å². The molecule has 1 amide bonds. The van der Waals surface area contributed by atoms with E-state index in [9.17, 15) is 22.8 Å². The molecule has 0 radical (unpaired) electrons. The van der Waals surface area contributed by atoms with Crippen LogP contribution in [0.1, 0.15) is 43.8 Å². The number of amides is 1. The molecule has 1 N–H and O–H groups in total. The highest BCUT2D eigenvalue weighted by Gasteiger charge is 2.53. The highest BCUT2D eigenvalue weighted by molar-refractivity contribution is 6.74. The fourth-order valence-corrected chi connectivity index (χ4v) is 4.42. The number of rotatable bonds is 6. The Morgan fingerprint density at radius 2 is 1.85 bits per heavy atom. The van der Waals surface area contributed by atoms with E-state index in [4.69, 9.17) is 9.16 Å². The molecular formula is C23H30F3N3O4Si. The van der Waals surface area contributed by atoms with E-state index in [0.717, 1.165) is 10.8 Å². The van der Waals surface area contributed by atoms with Crippen molar-refractivity contribution in [3.8, 4) is 0 Å². The lowest BCUT2D eigenvalue weighted by Gasteiger charge is -2.36. The fraction of sp³-hybridized carbons (Fsp3) is 0.522. The van der Waals surface area contributed by atoms with Crippen LogP contribution in [0.2, 0.25) is 18.1 Å². The summed E-state index contributed by atoms with van der Waals surface area (Å²) in [7, 11) is -2.19. The SMILES string of the molecule is CC(C)(C)[Si](C)(C)OC[C@@H]1C[C@H](C(F)(F)F)[C@@H](n2ccc(NC(=O)c3ccccc3)nc2=O)O1. The number of halogens is 3. The van der Waals surface area contributed by atoms with E-state index in [1.807, 2.05) is 33.9 Å². The van der Waals surface area contributed by atoms with Gasteiger partial charge in [-0.1, -0.05) is 39.0 Å². The van der Waals surface area contributed by atoms with Crippen molar-refractivity contribution >= 4 is 20.0 Å². The van der Waals surface area contributed by atoms with Crippen molar-refractivity contribution in [3.63, 3.8) is 0 Å². The summed E-state index contributed by atoms with van der Waals surface area (Å²) in [5.41, 5.74) is -0.592. The first kappa shape index (κ1) is 26.1. The monoisotopic (exact) mass is 497 g/mol. The molecule has 1 aromatic carbocycles. The van der Waals surface area contributed by atoms with Gasteiger partial charge in [0, 0.05) is 11.8 Å². The number of hydrogen-bond acceptors (Lipinski definition) is 5. The van der Waals surface area contributed by atoms with Crippen LogP contribution in [0, 0.1) is 5.92 Å². The average molecular weight is 498 g/mol. The molecule has 11 heteroatoms. The molecule has 0 aliphatic carbocycles. The van der Waals surface area contributed by atoms with Crippen molar-refractivity contribution < 1.29 is 27.1 Å². The van der Waals surface area contributed by atoms with Crippen molar-refractivity contribution in [3.05, 3.63) is 58.6 Å². The minimum atomic E-state index is -4.57. The third kappa shape index (κ3) is 5.94. The van der Waals surface area contributed by atoms with Crippen LogP contribution in [0.3, 0.4) is 0 Å². The van der Waals surface area contributed by atoms with Crippen LogP contribution >= 0.6 is 0 Å². The first-order valence-corrected chi connectivity index (χ1v) is 13.9. The summed E-state index contributed by atoms with van der Waals surface area (Å²) in [6.45, 7) is 10.2. The predicted octanol–water partition coefficient (Wildman–Crippen LogP) is 4.98. The molecule has 34 heavy (non-hydrogen) atoms. The minimum Gasteiger partial charge on any atom is -0.414 e. The van der Waals surface area contributed by atoms with Gasteiger partial charge in [0.2, 0.25) is 0 Å². The molecule has 1 aliphatic heterocycles. The first-order chi connectivity index (χ1) is 15.7. The smallest absolute Gasteiger partial charge is 0.396 e. The Morgan fingerprint density at radius 1 is 1.21 bits per heavy atom. The maximum Gasteiger partial charge on any atom is 0.396 e. The van der Waals surface area contributed by atoms with Gasteiger partial charge < -0.3 is 14.5 Å². The summed E-state index contributed by atoms with van der Waals surface area (Å²) < 4.78 is 54.0. The minimum absolute atomic E-state index is 0.0208. The van der Waals surface area contributed by atoms with Gasteiger partial charge in [0.15, 0.2) is 8.32 Å². The zero-order chi connectivity index (χ0) is 25.3. The number of nitrogens with one attached hydrogen (secondary N) is 1. The Hall–Kier alpha value is -2.50. The number of nitrogens with zero attached hydrogens (tertiary/aromatic N) is 2. The van der Waals surface area contributed by atoms with Gasteiger partial charge in [-0.25, -0.2) is 4.79 Å². The maximum atomic E-state index is 13.8. The Morgan fingerprint density at radius 3 is 2.41 bits per heavy atom. The number of ether oxygens (including phenoxy) is 1. The zero-order valence-electron chi connectivity index (χ0n) is 19.8. The third-order valence-corrected chi connectivity index (χ3v) is 10.9. The molecular weight excluding hydrogens is 467 g/mol. The number of anilines is 1. The van der Waals surface area contributed by atoms with Gasteiger partial charge in [-0.2, -0.15) is 18.2 Å². The average Bonchev–Trinajstić information content (AvgIpc) is 3.17. The van der Waals surface area contributed by atoms with Gasteiger partial charge in [-0.05, 0) is 42.8 Å². The van der Waals surface area contributed by atoms with E-state index >= 15 is 0 Å². The van der Waals surface area contributed by atoms with Crippen molar-refractivity contribution in [1.29, 1.82) is 0 Å². The van der Waals surface area contributed by atoms with Crippen molar-refractivity contribution in [1.82, 2.24) is 9.55 Å². The normalized spacial score (nSPS) is 21.5. The number of aromatic nitrogens is 2. The number of benzene rings is 1. The van der Waals surface area contributed by atoms with E-state index < -0.39 is 44.3 Å². The molecule has 1 aromatic heterocycles. The van der Waals surface area contributed by atoms with E-state index in [2.05, 4.69) is 10.3 Å². The molecule has 2 heterocycles. The van der Waals surface area contributed by atoms with Crippen LogP contribution in [0.4, 0.5) is 19.0 Å². The summed E-state index contributed by atoms with van der Waals surface area (Å²) in [6, 6.07) is 9.56. The maximum absolute atomic E-state index is 13.8. The van der Waals surface area contributed by atoms with Crippen LogP contribution in [0.25, 0.3) is 0 Å². The van der Waals surface area contributed by atoms with Gasteiger partial charge in [0.25, 0.3) is 5.91 Å². The van der Waals surface area contributed by atoms with Crippen LogP contribution < -0.4 is 11.0 Å². The largest absolute Gasteiger partial charge is 0.414 e. The van der Waals surface area contributed by atoms with E-state index in [1.54, 1.807) is 30.3 Å². The molecule has 1 fully saturated rings. The second-order valence-electron chi connectivity index (χ2n) is 9.93. The topological polar surface area (TPSA) is 82.5 Å². The molecule has 186 valence electrons. The molecule has 0 spiro atoms. The quantitative estimate of drug-likeness (QED) is 0.569. The summed E-state index contributed by atoms with van der Waals surface area (Å²) >= 11 is 0. The van der Waals surface area contributed by atoms with Crippen LogP contribution in [-0.4, -0.2) is 42.7 Å².